The Morgan fingerprint density at radius 3 is 1.18 bits per heavy atom. The third kappa shape index (κ3) is 18.2. The fraction of sp³-hybridized carbons (Fsp3) is 0.952. The van der Waals surface area contributed by atoms with Crippen LogP contribution < -0.4 is 0 Å². The second kappa shape index (κ2) is 12.1. The minimum atomic E-state index is -1.08. The highest BCUT2D eigenvalue weighted by Crippen LogP contribution is 2.26. The van der Waals surface area contributed by atoms with Crippen molar-refractivity contribution in [3.8, 4) is 0 Å². The molecule has 0 saturated heterocycles. The molecular formula is C21H50O3Si4. The Labute approximate surface area is 180 Å². The van der Waals surface area contributed by atoms with Gasteiger partial charge in [0.1, 0.15) is 0 Å². The standard InChI is InChI=1S/C21H50O3Si4/c1-25(2,3)19-27(7,8)17-13-11-15-23-21(22)24-16-12-14-18-28(9,10)20-26(4,5)6/h11-20H2,1-10H3. The Morgan fingerprint density at radius 2 is 0.893 bits per heavy atom. The summed E-state index contributed by atoms with van der Waals surface area (Å²) in [6.07, 6.45) is 3.81. The zero-order valence-corrected chi connectivity index (χ0v) is 24.8. The van der Waals surface area contributed by atoms with Gasteiger partial charge < -0.3 is 9.47 Å². The van der Waals surface area contributed by atoms with Crippen molar-refractivity contribution in [3.05, 3.63) is 0 Å². The first kappa shape index (κ1) is 28.1. The molecule has 0 heterocycles. The predicted octanol–water partition coefficient (Wildman–Crippen LogP) is 7.87. The Hall–Kier alpha value is 0.138. The molecule has 0 bridgehead atoms. The van der Waals surface area contributed by atoms with Crippen LogP contribution in [0.3, 0.4) is 0 Å². The molecule has 28 heavy (non-hydrogen) atoms. The van der Waals surface area contributed by atoms with Crippen LogP contribution in [0.25, 0.3) is 0 Å². The number of ether oxygens (including phenoxy) is 2. The monoisotopic (exact) mass is 462 g/mol. The van der Waals surface area contributed by atoms with E-state index in [1.54, 1.807) is 0 Å². The lowest BCUT2D eigenvalue weighted by atomic mass is 10.3. The molecular weight excluding hydrogens is 413 g/mol. The molecule has 0 aromatic rings. The van der Waals surface area contributed by atoms with E-state index in [2.05, 4.69) is 65.5 Å². The van der Waals surface area contributed by atoms with Crippen molar-refractivity contribution in [2.45, 2.75) is 115 Å². The maximum Gasteiger partial charge on any atom is 0.508 e. The molecule has 0 radical (unpaired) electrons. The van der Waals surface area contributed by atoms with Crippen molar-refractivity contribution in [1.82, 2.24) is 0 Å². The molecule has 7 heteroatoms. The average Bonchev–Trinajstić information content (AvgIpc) is 2.40. The van der Waals surface area contributed by atoms with Crippen LogP contribution in [0.1, 0.15) is 25.7 Å². The van der Waals surface area contributed by atoms with Gasteiger partial charge in [0.2, 0.25) is 0 Å². The van der Waals surface area contributed by atoms with Crippen molar-refractivity contribution in [2.75, 3.05) is 13.2 Å². The summed E-state index contributed by atoms with van der Waals surface area (Å²) in [5, 5.41) is 0. The van der Waals surface area contributed by atoms with Crippen molar-refractivity contribution in [3.63, 3.8) is 0 Å². The molecule has 0 amide bonds. The number of hydrogen-bond donors (Lipinski definition) is 0. The van der Waals surface area contributed by atoms with Gasteiger partial charge in [0, 0.05) is 32.3 Å². The van der Waals surface area contributed by atoms with Gasteiger partial charge in [-0.2, -0.15) is 0 Å². The molecule has 0 N–H and O–H groups in total. The van der Waals surface area contributed by atoms with Gasteiger partial charge in [-0.25, -0.2) is 4.79 Å². The van der Waals surface area contributed by atoms with Gasteiger partial charge in [0.25, 0.3) is 0 Å². The van der Waals surface area contributed by atoms with Crippen molar-refractivity contribution < 1.29 is 14.3 Å². The predicted molar refractivity (Wildman–Crippen MR) is 137 cm³/mol. The summed E-state index contributed by atoms with van der Waals surface area (Å²) < 4.78 is 10.5. The molecule has 0 unspecified atom stereocenters. The summed E-state index contributed by atoms with van der Waals surface area (Å²) in [6.45, 7) is 25.9. The van der Waals surface area contributed by atoms with E-state index in [9.17, 15) is 4.79 Å². The first-order valence-corrected chi connectivity index (χ1v) is 25.6. The molecule has 0 saturated carbocycles. The van der Waals surface area contributed by atoms with E-state index < -0.39 is 38.5 Å². The lowest BCUT2D eigenvalue weighted by Gasteiger charge is -2.29. The quantitative estimate of drug-likeness (QED) is 0.150. The van der Waals surface area contributed by atoms with Crippen LogP contribution in [0.5, 0.6) is 0 Å². The summed E-state index contributed by atoms with van der Waals surface area (Å²) in [5.74, 6) is 0. The van der Waals surface area contributed by atoms with Crippen LogP contribution in [0.2, 0.25) is 88.9 Å². The second-order valence-corrected chi connectivity index (χ2v) is 35.4. The molecule has 3 nitrogen and oxygen atoms in total. The first-order chi connectivity index (χ1) is 12.5. The highest BCUT2D eigenvalue weighted by Gasteiger charge is 2.28. The summed E-state index contributed by atoms with van der Waals surface area (Å²) in [5.41, 5.74) is 2.97. The zero-order chi connectivity index (χ0) is 22.1. The van der Waals surface area contributed by atoms with Crippen molar-refractivity contribution in [1.29, 1.82) is 0 Å². The summed E-state index contributed by atoms with van der Waals surface area (Å²) in [4.78, 5) is 11.7. The number of rotatable bonds is 14. The number of hydrogen-bond acceptors (Lipinski definition) is 3. The van der Waals surface area contributed by atoms with Gasteiger partial charge in [-0.1, -0.05) is 102 Å². The molecule has 0 rings (SSSR count). The maximum atomic E-state index is 11.7. The van der Waals surface area contributed by atoms with Gasteiger partial charge >= 0.3 is 6.16 Å². The highest BCUT2D eigenvalue weighted by molar-refractivity contribution is 6.95. The van der Waals surface area contributed by atoms with Gasteiger partial charge in [0.15, 0.2) is 0 Å². The van der Waals surface area contributed by atoms with Gasteiger partial charge in [0.05, 0.1) is 13.2 Å². The minimum absolute atomic E-state index is 0.475. The van der Waals surface area contributed by atoms with E-state index in [0.717, 1.165) is 12.8 Å². The average molecular weight is 463 g/mol. The number of carbonyl (C=O) groups is 1. The lowest BCUT2D eigenvalue weighted by Crippen LogP contribution is -2.37. The summed E-state index contributed by atoms with van der Waals surface area (Å²) in [6, 6.07) is 2.68. The molecule has 0 spiro atoms. The maximum absolute atomic E-state index is 11.7. The SMILES string of the molecule is C[Si](C)(C)C[Si](C)(C)CCCCOC(=O)OCCCC[Si](C)(C)C[Si](C)(C)C. The molecule has 168 valence electrons. The van der Waals surface area contributed by atoms with E-state index in [1.807, 2.05) is 0 Å². The fourth-order valence-corrected chi connectivity index (χ4v) is 31.6. The number of unbranched alkanes of at least 4 members (excludes halogenated alkanes) is 2. The second-order valence-electron chi connectivity index (χ2n) is 12.7. The van der Waals surface area contributed by atoms with Gasteiger partial charge in [-0.05, 0) is 12.8 Å². The molecule has 0 aromatic carbocycles. The zero-order valence-electron chi connectivity index (χ0n) is 20.8. The topological polar surface area (TPSA) is 35.5 Å². The molecule has 0 aliphatic rings. The van der Waals surface area contributed by atoms with E-state index in [1.165, 1.54) is 36.3 Å². The molecule has 0 atom stereocenters. The smallest absolute Gasteiger partial charge is 0.434 e. The third-order valence-corrected chi connectivity index (χ3v) is 24.5. The number of carbonyl (C=O) groups excluding carboxylic acids is 1. The summed E-state index contributed by atoms with van der Waals surface area (Å²) in [7, 11) is -4.09. The molecule has 0 aliphatic heterocycles. The first-order valence-electron chi connectivity index (χ1n) is 11.3. The van der Waals surface area contributed by atoms with Crippen molar-refractivity contribution >= 4 is 38.5 Å². The van der Waals surface area contributed by atoms with Crippen LogP contribution in [0.4, 0.5) is 4.79 Å². The Bertz CT molecular complexity index is 412. The highest BCUT2D eigenvalue weighted by atomic mass is 28.4. The van der Waals surface area contributed by atoms with E-state index in [0.29, 0.717) is 13.2 Å². The van der Waals surface area contributed by atoms with Crippen LogP contribution in [0, 0.1) is 0 Å². The van der Waals surface area contributed by atoms with E-state index >= 15 is 0 Å². The lowest BCUT2D eigenvalue weighted by molar-refractivity contribution is 0.0536. The Kier molecular flexibility index (Phi) is 12.2. The van der Waals surface area contributed by atoms with E-state index in [4.69, 9.17) is 9.47 Å². The van der Waals surface area contributed by atoms with Crippen LogP contribution >= 0.6 is 0 Å². The molecule has 0 aliphatic carbocycles. The van der Waals surface area contributed by atoms with Crippen LogP contribution in [-0.4, -0.2) is 51.7 Å². The summed E-state index contributed by atoms with van der Waals surface area (Å²) >= 11 is 0. The van der Waals surface area contributed by atoms with Crippen molar-refractivity contribution in [2.24, 2.45) is 0 Å². The van der Waals surface area contributed by atoms with Crippen LogP contribution in [-0.2, 0) is 9.47 Å². The fourth-order valence-electron chi connectivity index (χ4n) is 4.81. The van der Waals surface area contributed by atoms with Crippen LogP contribution in [0.15, 0.2) is 0 Å². The van der Waals surface area contributed by atoms with Gasteiger partial charge in [-0.15, -0.1) is 0 Å². The van der Waals surface area contributed by atoms with E-state index in [-0.39, 0.29) is 0 Å². The Morgan fingerprint density at radius 1 is 0.571 bits per heavy atom. The normalized spacial score (nSPS) is 13.5. The minimum Gasteiger partial charge on any atom is -0.434 e. The Balaban J connectivity index is 3.76. The molecule has 0 fully saturated rings. The third-order valence-electron chi connectivity index (χ3n) is 4.95. The largest absolute Gasteiger partial charge is 0.508 e. The van der Waals surface area contributed by atoms with Gasteiger partial charge in [-0.3, -0.25) is 0 Å². The molecule has 0 aromatic heterocycles.